The van der Waals surface area contributed by atoms with Crippen LogP contribution in [0.1, 0.15) is 22.5 Å². The van der Waals surface area contributed by atoms with E-state index >= 15 is 0 Å². The van der Waals surface area contributed by atoms with Gasteiger partial charge in [0.25, 0.3) is 0 Å². The summed E-state index contributed by atoms with van der Waals surface area (Å²) in [4.78, 5) is 8.76. The molecule has 0 fully saturated rings. The molecule has 0 radical (unpaired) electrons. The van der Waals surface area contributed by atoms with E-state index in [4.69, 9.17) is 5.26 Å². The van der Waals surface area contributed by atoms with Gasteiger partial charge in [0.15, 0.2) is 0 Å². The molecule has 102 valence electrons. The average Bonchev–Trinajstić information content (AvgIpc) is 2.44. The molecule has 2 N–H and O–H groups in total. The quantitative estimate of drug-likeness (QED) is 0.894. The highest BCUT2D eigenvalue weighted by atomic mass is 15.1. The van der Waals surface area contributed by atoms with Gasteiger partial charge in [0.2, 0.25) is 0 Å². The van der Waals surface area contributed by atoms with Gasteiger partial charge < -0.3 is 10.6 Å². The van der Waals surface area contributed by atoms with Crippen LogP contribution in [0.4, 0.5) is 17.3 Å². The van der Waals surface area contributed by atoms with Crippen LogP contribution in [0.15, 0.2) is 18.2 Å². The molecule has 1 aromatic carbocycles. The summed E-state index contributed by atoms with van der Waals surface area (Å²) in [6.07, 6.45) is 0. The number of nitriles is 1. The van der Waals surface area contributed by atoms with Crippen LogP contribution in [0, 0.1) is 32.1 Å². The van der Waals surface area contributed by atoms with Crippen LogP contribution in [0.5, 0.6) is 0 Å². The first kappa shape index (κ1) is 13.8. The Kier molecular flexibility index (Phi) is 3.85. The summed E-state index contributed by atoms with van der Waals surface area (Å²) < 4.78 is 0. The van der Waals surface area contributed by atoms with E-state index < -0.39 is 0 Å². The van der Waals surface area contributed by atoms with Crippen molar-refractivity contribution in [2.24, 2.45) is 0 Å². The van der Waals surface area contributed by atoms with Crippen LogP contribution < -0.4 is 10.6 Å². The van der Waals surface area contributed by atoms with E-state index in [0.29, 0.717) is 11.4 Å². The summed E-state index contributed by atoms with van der Waals surface area (Å²) in [6.45, 7) is 5.80. The second kappa shape index (κ2) is 5.57. The maximum Gasteiger partial charge on any atom is 0.139 e. The minimum Gasteiger partial charge on any atom is -0.373 e. The van der Waals surface area contributed by atoms with Crippen molar-refractivity contribution in [2.75, 3.05) is 17.7 Å². The lowest BCUT2D eigenvalue weighted by molar-refractivity contribution is 1.03. The molecule has 5 nitrogen and oxygen atoms in total. The third-order valence-corrected chi connectivity index (χ3v) is 3.11. The van der Waals surface area contributed by atoms with E-state index in [0.717, 1.165) is 28.5 Å². The van der Waals surface area contributed by atoms with Crippen molar-refractivity contribution in [3.05, 3.63) is 40.7 Å². The molecular formula is C15H17N5. The van der Waals surface area contributed by atoms with Crippen molar-refractivity contribution in [3.63, 3.8) is 0 Å². The Hall–Kier alpha value is -2.61. The molecule has 0 saturated heterocycles. The van der Waals surface area contributed by atoms with Gasteiger partial charge in [0.05, 0.1) is 11.6 Å². The first-order chi connectivity index (χ1) is 9.55. The zero-order chi connectivity index (χ0) is 14.7. The lowest BCUT2D eigenvalue weighted by Crippen LogP contribution is -2.06. The maximum atomic E-state index is 8.99. The molecule has 2 aromatic rings. The number of aromatic nitrogens is 2. The largest absolute Gasteiger partial charge is 0.373 e. The molecule has 5 heteroatoms. The SMILES string of the molecule is CNc1nc(C)nc(Nc2cc(C#N)ccc2C)c1C. The molecule has 0 spiro atoms. The number of benzene rings is 1. The molecule has 20 heavy (non-hydrogen) atoms. The third-order valence-electron chi connectivity index (χ3n) is 3.11. The van der Waals surface area contributed by atoms with Crippen LogP contribution >= 0.6 is 0 Å². The summed E-state index contributed by atoms with van der Waals surface area (Å²) in [5, 5.41) is 15.3. The number of anilines is 3. The molecule has 1 aromatic heterocycles. The lowest BCUT2D eigenvalue weighted by atomic mass is 10.1. The predicted molar refractivity (Wildman–Crippen MR) is 80.2 cm³/mol. The maximum absolute atomic E-state index is 8.99. The fraction of sp³-hybridized carbons (Fsp3) is 0.267. The van der Waals surface area contributed by atoms with Gasteiger partial charge in [-0.3, -0.25) is 0 Å². The first-order valence-electron chi connectivity index (χ1n) is 6.36. The van der Waals surface area contributed by atoms with Crippen molar-refractivity contribution in [1.82, 2.24) is 9.97 Å². The van der Waals surface area contributed by atoms with Gasteiger partial charge in [0, 0.05) is 18.3 Å². The van der Waals surface area contributed by atoms with Crippen molar-refractivity contribution in [2.45, 2.75) is 20.8 Å². The Labute approximate surface area is 118 Å². The molecular weight excluding hydrogens is 250 g/mol. The standard InChI is InChI=1S/C15H17N5/c1-9-5-6-12(8-16)7-13(9)20-15-10(2)14(17-4)18-11(3)19-15/h5-7H,1-4H3,(H2,17,18,19,20). The molecule has 0 aliphatic rings. The normalized spacial score (nSPS) is 9.95. The lowest BCUT2D eigenvalue weighted by Gasteiger charge is -2.14. The number of nitrogens with zero attached hydrogens (tertiary/aromatic N) is 3. The van der Waals surface area contributed by atoms with Crippen molar-refractivity contribution in [3.8, 4) is 6.07 Å². The van der Waals surface area contributed by atoms with Crippen molar-refractivity contribution < 1.29 is 0 Å². The zero-order valence-corrected chi connectivity index (χ0v) is 12.1. The van der Waals surface area contributed by atoms with E-state index in [1.165, 1.54) is 0 Å². The average molecular weight is 267 g/mol. The van der Waals surface area contributed by atoms with Gasteiger partial charge in [-0.05, 0) is 38.5 Å². The van der Waals surface area contributed by atoms with Crippen molar-refractivity contribution in [1.29, 1.82) is 5.26 Å². The van der Waals surface area contributed by atoms with Gasteiger partial charge in [-0.1, -0.05) is 6.07 Å². The minimum atomic E-state index is 0.621. The van der Waals surface area contributed by atoms with E-state index in [9.17, 15) is 0 Å². The molecule has 1 heterocycles. The van der Waals surface area contributed by atoms with E-state index in [2.05, 4.69) is 26.7 Å². The highest BCUT2D eigenvalue weighted by Crippen LogP contribution is 2.25. The van der Waals surface area contributed by atoms with E-state index in [1.807, 2.05) is 40.0 Å². The summed E-state index contributed by atoms with van der Waals surface area (Å²) in [5.41, 5.74) is 3.51. The second-order valence-electron chi connectivity index (χ2n) is 4.61. The topological polar surface area (TPSA) is 73.6 Å². The molecule has 0 amide bonds. The molecule has 0 aliphatic heterocycles. The van der Waals surface area contributed by atoms with E-state index in [-0.39, 0.29) is 0 Å². The zero-order valence-electron chi connectivity index (χ0n) is 12.1. The Morgan fingerprint density at radius 2 is 1.80 bits per heavy atom. The Morgan fingerprint density at radius 1 is 1.10 bits per heavy atom. The van der Waals surface area contributed by atoms with Gasteiger partial charge in [0.1, 0.15) is 17.5 Å². The number of hydrogen-bond acceptors (Lipinski definition) is 5. The molecule has 0 bridgehead atoms. The number of aryl methyl sites for hydroxylation is 2. The summed E-state index contributed by atoms with van der Waals surface area (Å²) in [5.74, 6) is 2.24. The molecule has 2 rings (SSSR count). The molecule has 0 saturated carbocycles. The molecule has 0 aliphatic carbocycles. The first-order valence-corrected chi connectivity index (χ1v) is 6.36. The van der Waals surface area contributed by atoms with Crippen molar-refractivity contribution >= 4 is 17.3 Å². The second-order valence-corrected chi connectivity index (χ2v) is 4.61. The van der Waals surface area contributed by atoms with Crippen LogP contribution in [-0.2, 0) is 0 Å². The summed E-state index contributed by atoms with van der Waals surface area (Å²) in [6, 6.07) is 7.69. The van der Waals surface area contributed by atoms with Crippen LogP contribution in [-0.4, -0.2) is 17.0 Å². The fourth-order valence-corrected chi connectivity index (χ4v) is 1.95. The smallest absolute Gasteiger partial charge is 0.139 e. The summed E-state index contributed by atoms with van der Waals surface area (Å²) in [7, 11) is 1.83. The number of hydrogen-bond donors (Lipinski definition) is 2. The van der Waals surface area contributed by atoms with Crippen LogP contribution in [0.25, 0.3) is 0 Å². The van der Waals surface area contributed by atoms with Gasteiger partial charge in [-0.25, -0.2) is 9.97 Å². The van der Waals surface area contributed by atoms with Crippen LogP contribution in [0.2, 0.25) is 0 Å². The van der Waals surface area contributed by atoms with Crippen LogP contribution in [0.3, 0.4) is 0 Å². The highest BCUT2D eigenvalue weighted by molar-refractivity contribution is 5.67. The van der Waals surface area contributed by atoms with Gasteiger partial charge in [-0.15, -0.1) is 0 Å². The highest BCUT2D eigenvalue weighted by Gasteiger charge is 2.09. The van der Waals surface area contributed by atoms with Gasteiger partial charge in [-0.2, -0.15) is 5.26 Å². The minimum absolute atomic E-state index is 0.621. The Bertz CT molecular complexity index is 685. The Morgan fingerprint density at radius 3 is 2.45 bits per heavy atom. The monoisotopic (exact) mass is 267 g/mol. The predicted octanol–water partition coefficient (Wildman–Crippen LogP) is 3.06. The Balaban J connectivity index is 2.45. The summed E-state index contributed by atoms with van der Waals surface area (Å²) >= 11 is 0. The molecule has 0 atom stereocenters. The number of rotatable bonds is 3. The molecule has 0 unspecified atom stereocenters. The fourth-order valence-electron chi connectivity index (χ4n) is 1.95. The van der Waals surface area contributed by atoms with Gasteiger partial charge >= 0.3 is 0 Å². The third kappa shape index (κ3) is 2.69. The number of nitrogens with one attached hydrogen (secondary N) is 2. The van der Waals surface area contributed by atoms with E-state index in [1.54, 1.807) is 6.07 Å².